The lowest BCUT2D eigenvalue weighted by atomic mass is 10.2. The summed E-state index contributed by atoms with van der Waals surface area (Å²) in [6, 6.07) is 10.1. The molecule has 1 rings (SSSR count). The van der Waals surface area contributed by atoms with Gasteiger partial charge in [0.15, 0.2) is 0 Å². The number of hydrogen-bond acceptors (Lipinski definition) is 1. The lowest BCUT2D eigenvalue weighted by molar-refractivity contribution is 1.50. The quantitative estimate of drug-likeness (QED) is 0.533. The third-order valence-electron chi connectivity index (χ3n) is 1.68. The summed E-state index contributed by atoms with van der Waals surface area (Å²) >= 11 is 0. The maximum Gasteiger partial charge on any atom is 0.0207 e. The van der Waals surface area contributed by atoms with Crippen molar-refractivity contribution in [1.29, 1.82) is 5.41 Å². The van der Waals surface area contributed by atoms with Gasteiger partial charge in [-0.3, -0.25) is 0 Å². The lowest BCUT2D eigenvalue weighted by Crippen LogP contribution is -1.72. The molecule has 0 amide bonds. The largest absolute Gasteiger partial charge is 0.308 e. The summed E-state index contributed by atoms with van der Waals surface area (Å²) in [6.45, 7) is 1.91. The third-order valence-corrected chi connectivity index (χ3v) is 1.68. The van der Waals surface area contributed by atoms with Crippen LogP contribution in [0.15, 0.2) is 48.1 Å². The smallest absolute Gasteiger partial charge is 0.0207 e. The molecule has 0 aliphatic rings. The van der Waals surface area contributed by atoms with Gasteiger partial charge in [0.1, 0.15) is 0 Å². The molecule has 1 aromatic carbocycles. The fourth-order valence-electron chi connectivity index (χ4n) is 0.923. The molecule has 1 N–H and O–H groups in total. The Morgan fingerprint density at radius 2 is 1.92 bits per heavy atom. The first-order valence-corrected chi connectivity index (χ1v) is 4.23. The van der Waals surface area contributed by atoms with Gasteiger partial charge in [-0.05, 0) is 18.1 Å². The van der Waals surface area contributed by atoms with E-state index in [9.17, 15) is 0 Å². The lowest BCUT2D eigenvalue weighted by Gasteiger charge is -1.89. The molecule has 1 nitrogen and oxygen atoms in total. The minimum Gasteiger partial charge on any atom is -0.308 e. The topological polar surface area (TPSA) is 23.9 Å². The van der Waals surface area contributed by atoms with Crippen molar-refractivity contribution in [2.24, 2.45) is 0 Å². The van der Waals surface area contributed by atoms with Gasteiger partial charge < -0.3 is 5.41 Å². The van der Waals surface area contributed by atoms with Gasteiger partial charge in [-0.15, -0.1) is 0 Å². The fraction of sp³-hybridized carbons (Fsp3) is 0.0833. The molecule has 0 radical (unpaired) electrons. The maximum absolute atomic E-state index is 6.96. The highest BCUT2D eigenvalue weighted by atomic mass is 14.3. The van der Waals surface area contributed by atoms with Crippen LogP contribution in [0.4, 0.5) is 0 Å². The van der Waals surface area contributed by atoms with E-state index in [1.807, 2.05) is 55.5 Å². The molecule has 0 saturated carbocycles. The average molecular weight is 171 g/mol. The van der Waals surface area contributed by atoms with Gasteiger partial charge in [-0.2, -0.15) is 0 Å². The molecule has 1 heteroatoms. The molecule has 0 aliphatic heterocycles. The van der Waals surface area contributed by atoms with Gasteiger partial charge in [0, 0.05) is 6.21 Å². The number of rotatable bonds is 3. The highest BCUT2D eigenvalue weighted by Crippen LogP contribution is 2.01. The molecule has 0 aliphatic carbocycles. The van der Waals surface area contributed by atoms with Crippen LogP contribution in [-0.2, 0) is 0 Å². The summed E-state index contributed by atoms with van der Waals surface area (Å²) in [5.74, 6) is 0. The van der Waals surface area contributed by atoms with E-state index in [4.69, 9.17) is 5.41 Å². The predicted molar refractivity (Wildman–Crippen MR) is 58.0 cm³/mol. The van der Waals surface area contributed by atoms with E-state index in [1.54, 1.807) is 0 Å². The molecule has 0 unspecified atom stereocenters. The Morgan fingerprint density at radius 3 is 2.54 bits per heavy atom. The Hall–Kier alpha value is -1.63. The summed E-state index contributed by atoms with van der Waals surface area (Å²) in [5, 5.41) is 6.96. The van der Waals surface area contributed by atoms with E-state index in [0.717, 1.165) is 5.57 Å². The molecule has 0 aromatic heterocycles. The highest BCUT2D eigenvalue weighted by Gasteiger charge is 1.80. The van der Waals surface area contributed by atoms with Crippen LogP contribution in [-0.4, -0.2) is 6.21 Å². The van der Waals surface area contributed by atoms with E-state index in [2.05, 4.69) is 0 Å². The summed E-state index contributed by atoms with van der Waals surface area (Å²) in [5.41, 5.74) is 2.13. The van der Waals surface area contributed by atoms with E-state index >= 15 is 0 Å². The first kappa shape index (κ1) is 9.46. The van der Waals surface area contributed by atoms with Crippen molar-refractivity contribution in [1.82, 2.24) is 0 Å². The molecule has 0 atom stereocenters. The van der Waals surface area contributed by atoms with E-state index in [1.165, 1.54) is 11.8 Å². The van der Waals surface area contributed by atoms with Crippen molar-refractivity contribution in [2.75, 3.05) is 0 Å². The monoisotopic (exact) mass is 171 g/mol. The first-order valence-electron chi connectivity index (χ1n) is 4.23. The van der Waals surface area contributed by atoms with Gasteiger partial charge in [-0.25, -0.2) is 0 Å². The van der Waals surface area contributed by atoms with Crippen LogP contribution in [0.2, 0.25) is 0 Å². The van der Waals surface area contributed by atoms with Gasteiger partial charge in [0.25, 0.3) is 0 Å². The maximum atomic E-state index is 6.96. The van der Waals surface area contributed by atoms with Crippen molar-refractivity contribution in [3.05, 3.63) is 53.6 Å². The summed E-state index contributed by atoms with van der Waals surface area (Å²) in [4.78, 5) is 0. The second-order valence-corrected chi connectivity index (χ2v) is 2.82. The summed E-state index contributed by atoms with van der Waals surface area (Å²) < 4.78 is 0. The second kappa shape index (κ2) is 5.09. The molecule has 0 spiro atoms. The van der Waals surface area contributed by atoms with Crippen LogP contribution < -0.4 is 0 Å². The minimum atomic E-state index is 0.951. The first-order chi connectivity index (χ1) is 6.33. The molecular formula is C12H13N. The standard InChI is InChI=1S/C12H13N/c1-11(10-13)6-5-9-12-7-3-2-4-8-12/h2-10,13H,1H3/b9-5+,11-6-,13-10?. The van der Waals surface area contributed by atoms with Crippen LogP contribution in [0.1, 0.15) is 12.5 Å². The third kappa shape index (κ3) is 3.52. The Kier molecular flexibility index (Phi) is 3.71. The number of benzene rings is 1. The summed E-state index contributed by atoms with van der Waals surface area (Å²) in [6.07, 6.45) is 7.23. The Bertz CT molecular complexity index is 320. The zero-order chi connectivity index (χ0) is 9.52. The second-order valence-electron chi connectivity index (χ2n) is 2.82. The Labute approximate surface area is 78.9 Å². The molecule has 66 valence electrons. The number of nitrogens with one attached hydrogen (secondary N) is 1. The minimum absolute atomic E-state index is 0.951. The molecule has 0 bridgehead atoms. The van der Waals surface area contributed by atoms with Crippen LogP contribution in [0.5, 0.6) is 0 Å². The molecule has 0 fully saturated rings. The van der Waals surface area contributed by atoms with Gasteiger partial charge >= 0.3 is 0 Å². The predicted octanol–water partition coefficient (Wildman–Crippen LogP) is 3.30. The van der Waals surface area contributed by atoms with Crippen LogP contribution in [0.25, 0.3) is 6.08 Å². The SMILES string of the molecule is C/C(C=N)=C/C=C/c1ccccc1. The van der Waals surface area contributed by atoms with Gasteiger partial charge in [0.2, 0.25) is 0 Å². The zero-order valence-electron chi connectivity index (χ0n) is 7.70. The van der Waals surface area contributed by atoms with Gasteiger partial charge in [0.05, 0.1) is 0 Å². The van der Waals surface area contributed by atoms with E-state index in [-0.39, 0.29) is 0 Å². The molecule has 0 saturated heterocycles. The highest BCUT2D eigenvalue weighted by molar-refractivity contribution is 5.75. The molecule has 13 heavy (non-hydrogen) atoms. The van der Waals surface area contributed by atoms with Crippen molar-refractivity contribution in [3.8, 4) is 0 Å². The molecule has 0 heterocycles. The number of allylic oxidation sites excluding steroid dienone is 3. The van der Waals surface area contributed by atoms with Crippen LogP contribution in [0, 0.1) is 5.41 Å². The Morgan fingerprint density at radius 1 is 1.23 bits per heavy atom. The summed E-state index contributed by atoms with van der Waals surface area (Å²) in [7, 11) is 0. The zero-order valence-corrected chi connectivity index (χ0v) is 7.70. The number of hydrogen-bond donors (Lipinski definition) is 1. The molecular weight excluding hydrogens is 158 g/mol. The van der Waals surface area contributed by atoms with Crippen molar-refractivity contribution in [2.45, 2.75) is 6.92 Å². The fourth-order valence-corrected chi connectivity index (χ4v) is 0.923. The van der Waals surface area contributed by atoms with Crippen LogP contribution in [0.3, 0.4) is 0 Å². The average Bonchev–Trinajstić information content (AvgIpc) is 2.19. The van der Waals surface area contributed by atoms with Crippen molar-refractivity contribution < 1.29 is 0 Å². The molecule has 1 aromatic rings. The van der Waals surface area contributed by atoms with E-state index < -0.39 is 0 Å². The van der Waals surface area contributed by atoms with Crippen LogP contribution >= 0.6 is 0 Å². The van der Waals surface area contributed by atoms with Gasteiger partial charge in [-0.1, -0.05) is 48.6 Å². The Balaban J connectivity index is 2.65. The normalized spacial score (nSPS) is 11.9. The van der Waals surface area contributed by atoms with E-state index in [0.29, 0.717) is 0 Å². The van der Waals surface area contributed by atoms with Crippen molar-refractivity contribution >= 4 is 12.3 Å². The van der Waals surface area contributed by atoms with Crippen molar-refractivity contribution in [3.63, 3.8) is 0 Å².